The molecular formula is C19H24N2O2. The molecule has 2 aromatic rings. The van der Waals surface area contributed by atoms with Gasteiger partial charge in [0.1, 0.15) is 0 Å². The fourth-order valence-corrected chi connectivity index (χ4v) is 2.42. The van der Waals surface area contributed by atoms with Crippen LogP contribution in [0.1, 0.15) is 24.5 Å². The monoisotopic (exact) mass is 312 g/mol. The van der Waals surface area contributed by atoms with Crippen molar-refractivity contribution in [1.82, 2.24) is 0 Å². The predicted molar refractivity (Wildman–Crippen MR) is 94.7 cm³/mol. The Morgan fingerprint density at radius 2 is 1.83 bits per heavy atom. The van der Waals surface area contributed by atoms with Crippen molar-refractivity contribution in [3.63, 3.8) is 0 Å². The van der Waals surface area contributed by atoms with Crippen LogP contribution < -0.4 is 10.6 Å². The summed E-state index contributed by atoms with van der Waals surface area (Å²) >= 11 is 0. The molecule has 2 rings (SSSR count). The van der Waals surface area contributed by atoms with E-state index in [1.54, 1.807) is 0 Å². The summed E-state index contributed by atoms with van der Waals surface area (Å²) in [5.41, 5.74) is 3.99. The number of benzene rings is 2. The van der Waals surface area contributed by atoms with Crippen LogP contribution in [0.15, 0.2) is 48.5 Å². The normalized spacial score (nSPS) is 11.8. The maximum atomic E-state index is 12.1. The van der Waals surface area contributed by atoms with Crippen molar-refractivity contribution in [3.05, 3.63) is 59.7 Å². The molecule has 0 radical (unpaired) electrons. The highest BCUT2D eigenvalue weighted by Gasteiger charge is 2.10. The van der Waals surface area contributed by atoms with Crippen molar-refractivity contribution < 1.29 is 9.90 Å². The van der Waals surface area contributed by atoms with Crippen LogP contribution in [0, 0.1) is 6.92 Å². The van der Waals surface area contributed by atoms with Crippen LogP contribution in [0.2, 0.25) is 0 Å². The molecule has 4 nitrogen and oxygen atoms in total. The molecular weight excluding hydrogens is 288 g/mol. The standard InChI is InChI=1S/C19H24N2O2/c1-14-5-3-4-6-18(14)21-19(23)13-15(2)20-17-9-7-16(8-10-17)11-12-22/h3-10,15,20,22H,11-13H2,1-2H3,(H,21,23). The van der Waals surface area contributed by atoms with Gasteiger partial charge in [-0.05, 0) is 49.6 Å². The van der Waals surface area contributed by atoms with Crippen LogP contribution >= 0.6 is 0 Å². The average molecular weight is 312 g/mol. The van der Waals surface area contributed by atoms with Gasteiger partial charge in [-0.3, -0.25) is 4.79 Å². The van der Waals surface area contributed by atoms with E-state index in [-0.39, 0.29) is 18.6 Å². The SMILES string of the molecule is Cc1ccccc1NC(=O)CC(C)Nc1ccc(CCO)cc1. The summed E-state index contributed by atoms with van der Waals surface area (Å²) in [5, 5.41) is 15.2. The number of amides is 1. The second-order valence-corrected chi connectivity index (χ2v) is 5.78. The number of rotatable bonds is 7. The second kappa shape index (κ2) is 8.34. The van der Waals surface area contributed by atoms with Gasteiger partial charge in [0.05, 0.1) is 0 Å². The molecule has 2 aromatic carbocycles. The van der Waals surface area contributed by atoms with Crippen molar-refractivity contribution in [3.8, 4) is 0 Å². The predicted octanol–water partition coefficient (Wildman–Crippen LogP) is 3.36. The summed E-state index contributed by atoms with van der Waals surface area (Å²) in [4.78, 5) is 12.1. The highest BCUT2D eigenvalue weighted by atomic mass is 16.2. The summed E-state index contributed by atoms with van der Waals surface area (Å²) in [7, 11) is 0. The fourth-order valence-electron chi connectivity index (χ4n) is 2.42. The zero-order valence-electron chi connectivity index (χ0n) is 13.7. The minimum Gasteiger partial charge on any atom is -0.396 e. The Balaban J connectivity index is 1.85. The molecule has 4 heteroatoms. The van der Waals surface area contributed by atoms with Crippen molar-refractivity contribution >= 4 is 17.3 Å². The van der Waals surface area contributed by atoms with Gasteiger partial charge in [0.25, 0.3) is 0 Å². The molecule has 1 atom stereocenters. The van der Waals surface area contributed by atoms with Gasteiger partial charge in [0.2, 0.25) is 5.91 Å². The molecule has 1 unspecified atom stereocenters. The molecule has 0 fully saturated rings. The number of carbonyl (C=O) groups is 1. The zero-order valence-corrected chi connectivity index (χ0v) is 13.7. The number of aliphatic hydroxyl groups excluding tert-OH is 1. The third-order valence-electron chi connectivity index (χ3n) is 3.68. The highest BCUT2D eigenvalue weighted by Crippen LogP contribution is 2.15. The Morgan fingerprint density at radius 1 is 1.13 bits per heavy atom. The number of hydrogen-bond acceptors (Lipinski definition) is 3. The van der Waals surface area contributed by atoms with E-state index in [4.69, 9.17) is 5.11 Å². The third-order valence-corrected chi connectivity index (χ3v) is 3.68. The maximum absolute atomic E-state index is 12.1. The van der Waals surface area contributed by atoms with E-state index in [1.165, 1.54) is 0 Å². The molecule has 0 aliphatic rings. The van der Waals surface area contributed by atoms with Gasteiger partial charge in [-0.15, -0.1) is 0 Å². The van der Waals surface area contributed by atoms with Crippen LogP contribution in [-0.4, -0.2) is 23.7 Å². The van der Waals surface area contributed by atoms with E-state index in [9.17, 15) is 4.79 Å². The summed E-state index contributed by atoms with van der Waals surface area (Å²) in [6.45, 7) is 4.12. The van der Waals surface area contributed by atoms with Gasteiger partial charge in [-0.2, -0.15) is 0 Å². The lowest BCUT2D eigenvalue weighted by Crippen LogP contribution is -2.24. The van der Waals surface area contributed by atoms with Gasteiger partial charge in [0, 0.05) is 30.4 Å². The number of hydrogen-bond donors (Lipinski definition) is 3. The Kier molecular flexibility index (Phi) is 6.18. The smallest absolute Gasteiger partial charge is 0.226 e. The van der Waals surface area contributed by atoms with E-state index in [0.29, 0.717) is 12.8 Å². The molecule has 0 aromatic heterocycles. The van der Waals surface area contributed by atoms with Crippen LogP contribution in [0.4, 0.5) is 11.4 Å². The van der Waals surface area contributed by atoms with E-state index in [0.717, 1.165) is 22.5 Å². The number of carbonyl (C=O) groups excluding carboxylic acids is 1. The molecule has 1 amide bonds. The number of nitrogens with one attached hydrogen (secondary N) is 2. The summed E-state index contributed by atoms with van der Waals surface area (Å²) < 4.78 is 0. The lowest BCUT2D eigenvalue weighted by molar-refractivity contribution is -0.116. The molecule has 0 aliphatic carbocycles. The lowest BCUT2D eigenvalue weighted by Gasteiger charge is -2.16. The quantitative estimate of drug-likeness (QED) is 0.734. The topological polar surface area (TPSA) is 61.4 Å². The largest absolute Gasteiger partial charge is 0.396 e. The number of para-hydroxylation sites is 1. The van der Waals surface area contributed by atoms with Crippen LogP contribution in [0.3, 0.4) is 0 Å². The lowest BCUT2D eigenvalue weighted by atomic mass is 10.1. The van der Waals surface area contributed by atoms with Crippen LogP contribution in [0.25, 0.3) is 0 Å². The summed E-state index contributed by atoms with van der Waals surface area (Å²) in [5.74, 6) is -0.00352. The van der Waals surface area contributed by atoms with Gasteiger partial charge in [0.15, 0.2) is 0 Å². The van der Waals surface area contributed by atoms with Crippen molar-refractivity contribution in [2.45, 2.75) is 32.7 Å². The van der Waals surface area contributed by atoms with Crippen LogP contribution in [-0.2, 0) is 11.2 Å². The van der Waals surface area contributed by atoms with E-state index in [1.807, 2.05) is 62.4 Å². The first-order valence-corrected chi connectivity index (χ1v) is 7.90. The number of aliphatic hydroxyl groups is 1. The van der Waals surface area contributed by atoms with Crippen molar-refractivity contribution in [2.24, 2.45) is 0 Å². The third kappa shape index (κ3) is 5.42. The fraction of sp³-hybridized carbons (Fsp3) is 0.316. The van der Waals surface area contributed by atoms with Crippen molar-refractivity contribution in [2.75, 3.05) is 17.2 Å². The molecule has 0 aliphatic heterocycles. The van der Waals surface area contributed by atoms with Gasteiger partial charge in [-0.25, -0.2) is 0 Å². The molecule has 0 saturated carbocycles. The Bertz CT molecular complexity index is 638. The minimum absolute atomic E-state index is 0.00352. The molecule has 0 saturated heterocycles. The molecule has 0 heterocycles. The number of anilines is 2. The van der Waals surface area contributed by atoms with Crippen molar-refractivity contribution in [1.29, 1.82) is 0 Å². The van der Waals surface area contributed by atoms with Gasteiger partial charge >= 0.3 is 0 Å². The van der Waals surface area contributed by atoms with E-state index < -0.39 is 0 Å². The van der Waals surface area contributed by atoms with E-state index >= 15 is 0 Å². The van der Waals surface area contributed by atoms with Crippen LogP contribution in [0.5, 0.6) is 0 Å². The number of aryl methyl sites for hydroxylation is 1. The first kappa shape index (κ1) is 17.0. The molecule has 0 spiro atoms. The van der Waals surface area contributed by atoms with Gasteiger partial charge in [-0.1, -0.05) is 30.3 Å². The zero-order chi connectivity index (χ0) is 16.7. The molecule has 0 bridgehead atoms. The second-order valence-electron chi connectivity index (χ2n) is 5.78. The Morgan fingerprint density at radius 3 is 2.48 bits per heavy atom. The first-order valence-electron chi connectivity index (χ1n) is 7.90. The minimum atomic E-state index is -0.00352. The average Bonchev–Trinajstić information content (AvgIpc) is 2.51. The van der Waals surface area contributed by atoms with Gasteiger partial charge < -0.3 is 15.7 Å². The van der Waals surface area contributed by atoms with E-state index in [2.05, 4.69) is 10.6 Å². The first-order chi connectivity index (χ1) is 11.1. The highest BCUT2D eigenvalue weighted by molar-refractivity contribution is 5.92. The molecule has 23 heavy (non-hydrogen) atoms. The summed E-state index contributed by atoms with van der Waals surface area (Å²) in [6, 6.07) is 15.7. The maximum Gasteiger partial charge on any atom is 0.226 e. The molecule has 3 N–H and O–H groups in total. The Labute approximate surface area is 137 Å². The summed E-state index contributed by atoms with van der Waals surface area (Å²) in [6.07, 6.45) is 1.06. The Hall–Kier alpha value is -2.33. The molecule has 122 valence electrons.